The first-order valence-corrected chi connectivity index (χ1v) is 8.90. The molecule has 0 amide bonds. The van der Waals surface area contributed by atoms with Crippen molar-refractivity contribution in [2.75, 3.05) is 13.1 Å². The van der Waals surface area contributed by atoms with Gasteiger partial charge in [-0.2, -0.15) is 0 Å². The van der Waals surface area contributed by atoms with Gasteiger partial charge in [0.05, 0.1) is 4.88 Å². The summed E-state index contributed by atoms with van der Waals surface area (Å²) < 4.78 is 0. The summed E-state index contributed by atoms with van der Waals surface area (Å²) >= 11 is 1.44. The Labute approximate surface area is 140 Å². The van der Waals surface area contributed by atoms with Crippen LogP contribution in [0.1, 0.15) is 40.1 Å². The highest BCUT2D eigenvalue weighted by Gasteiger charge is 2.12. The maximum absolute atomic E-state index is 11.9. The Kier molecular flexibility index (Phi) is 5.26. The van der Waals surface area contributed by atoms with Crippen LogP contribution in [0.25, 0.3) is 6.08 Å². The number of ketones is 1. The van der Waals surface area contributed by atoms with Gasteiger partial charge in [-0.25, -0.2) is 0 Å². The summed E-state index contributed by atoms with van der Waals surface area (Å²) in [7, 11) is 0. The van der Waals surface area contributed by atoms with E-state index in [0.717, 1.165) is 35.6 Å². The number of thiophene rings is 1. The highest BCUT2D eigenvalue weighted by Crippen LogP contribution is 2.23. The van der Waals surface area contributed by atoms with Crippen molar-refractivity contribution in [2.45, 2.75) is 25.8 Å². The highest BCUT2D eigenvalue weighted by atomic mass is 32.1. The first-order chi connectivity index (χ1) is 11.2. The first kappa shape index (κ1) is 16.0. The van der Waals surface area contributed by atoms with E-state index in [1.54, 1.807) is 18.2 Å². The van der Waals surface area contributed by atoms with Gasteiger partial charge in [-0.1, -0.05) is 30.7 Å². The van der Waals surface area contributed by atoms with Crippen molar-refractivity contribution in [3.05, 3.63) is 57.8 Å². The lowest BCUT2D eigenvalue weighted by Gasteiger charge is -2.26. The van der Waals surface area contributed by atoms with Crippen molar-refractivity contribution in [1.82, 2.24) is 4.90 Å². The molecule has 1 saturated heterocycles. The summed E-state index contributed by atoms with van der Waals surface area (Å²) in [6, 6.07) is 9.33. The van der Waals surface area contributed by atoms with Crippen LogP contribution in [0.3, 0.4) is 0 Å². The van der Waals surface area contributed by atoms with Crippen molar-refractivity contribution in [3.8, 4) is 5.75 Å². The third-order valence-electron chi connectivity index (χ3n) is 4.14. The van der Waals surface area contributed by atoms with E-state index in [4.69, 9.17) is 0 Å². The fraction of sp³-hybridized carbons (Fsp3) is 0.316. The number of phenols is 1. The maximum Gasteiger partial charge on any atom is 0.195 e. The Morgan fingerprint density at radius 3 is 2.74 bits per heavy atom. The Morgan fingerprint density at radius 2 is 2.04 bits per heavy atom. The number of likely N-dealkylation sites (tertiary alicyclic amines) is 1. The highest BCUT2D eigenvalue weighted by molar-refractivity contribution is 7.12. The van der Waals surface area contributed by atoms with Crippen LogP contribution in [0.2, 0.25) is 0 Å². The largest absolute Gasteiger partial charge is 0.508 e. The van der Waals surface area contributed by atoms with Crippen molar-refractivity contribution in [3.63, 3.8) is 0 Å². The van der Waals surface area contributed by atoms with Crippen LogP contribution < -0.4 is 0 Å². The molecule has 0 atom stereocenters. The summed E-state index contributed by atoms with van der Waals surface area (Å²) in [5.41, 5.74) is 1.79. The first-order valence-electron chi connectivity index (χ1n) is 8.02. The molecular formula is C19H21NO2S. The molecule has 1 fully saturated rings. The zero-order chi connectivity index (χ0) is 16.1. The molecule has 1 aliphatic rings. The van der Waals surface area contributed by atoms with Crippen molar-refractivity contribution in [2.24, 2.45) is 0 Å². The number of nitrogens with zero attached hydrogens (tertiary/aromatic N) is 1. The SMILES string of the molecule is O=C(/C=C/c1ccc(CN2CCCCC2)c(O)c1)c1cccs1. The topological polar surface area (TPSA) is 40.5 Å². The number of carbonyl (C=O) groups is 1. The molecule has 3 rings (SSSR count). The summed E-state index contributed by atoms with van der Waals surface area (Å²) in [6.45, 7) is 3.01. The van der Waals surface area contributed by atoms with Crippen LogP contribution in [0, 0.1) is 0 Å². The van der Waals surface area contributed by atoms with E-state index in [9.17, 15) is 9.90 Å². The number of hydrogen-bond acceptors (Lipinski definition) is 4. The summed E-state index contributed by atoms with van der Waals surface area (Å²) in [4.78, 5) is 15.1. The minimum atomic E-state index is -0.00289. The van der Waals surface area contributed by atoms with Crippen LogP contribution in [0.4, 0.5) is 0 Å². The lowest BCUT2D eigenvalue weighted by molar-refractivity contribution is 0.105. The lowest BCUT2D eigenvalue weighted by Crippen LogP contribution is -2.29. The number of rotatable bonds is 5. The fourth-order valence-corrected chi connectivity index (χ4v) is 3.49. The molecule has 4 heteroatoms. The molecule has 3 nitrogen and oxygen atoms in total. The zero-order valence-corrected chi connectivity index (χ0v) is 13.9. The number of hydrogen-bond donors (Lipinski definition) is 1. The Hall–Kier alpha value is -1.91. The van der Waals surface area contributed by atoms with Crippen LogP contribution in [0.15, 0.2) is 41.8 Å². The van der Waals surface area contributed by atoms with Gasteiger partial charge in [-0.3, -0.25) is 9.69 Å². The van der Waals surface area contributed by atoms with Gasteiger partial charge in [0, 0.05) is 12.1 Å². The van der Waals surface area contributed by atoms with E-state index in [-0.39, 0.29) is 5.78 Å². The van der Waals surface area contributed by atoms with Gasteiger partial charge >= 0.3 is 0 Å². The molecule has 2 aromatic rings. The number of piperidine rings is 1. The molecule has 0 bridgehead atoms. The molecule has 0 saturated carbocycles. The summed E-state index contributed by atoms with van der Waals surface area (Å²) in [5.74, 6) is 0.304. The van der Waals surface area contributed by atoms with Crippen LogP contribution >= 0.6 is 11.3 Å². The van der Waals surface area contributed by atoms with Crippen LogP contribution in [0.5, 0.6) is 5.75 Å². The average molecular weight is 327 g/mol. The maximum atomic E-state index is 11.9. The fourth-order valence-electron chi connectivity index (χ4n) is 2.85. The molecule has 2 heterocycles. The lowest BCUT2D eigenvalue weighted by atomic mass is 10.1. The standard InChI is InChI=1S/C19H21NO2S/c21-17(19-5-4-12-23-19)9-7-15-6-8-16(18(22)13-15)14-20-10-2-1-3-11-20/h4-9,12-13,22H,1-3,10-11,14H2/b9-7+. The molecule has 1 aromatic carbocycles. The average Bonchev–Trinajstić information content (AvgIpc) is 3.10. The Bertz CT molecular complexity index is 685. The second-order valence-electron chi connectivity index (χ2n) is 5.90. The zero-order valence-electron chi connectivity index (χ0n) is 13.1. The molecule has 1 N–H and O–H groups in total. The minimum absolute atomic E-state index is 0.00289. The summed E-state index contributed by atoms with van der Waals surface area (Å²) in [5, 5.41) is 12.1. The van der Waals surface area contributed by atoms with Gasteiger partial charge in [0.1, 0.15) is 5.75 Å². The molecule has 23 heavy (non-hydrogen) atoms. The molecule has 1 aromatic heterocycles. The van der Waals surface area contributed by atoms with Gasteiger partial charge in [0.15, 0.2) is 5.78 Å². The van der Waals surface area contributed by atoms with Gasteiger partial charge in [0.25, 0.3) is 0 Å². The number of allylic oxidation sites excluding steroid dienone is 1. The minimum Gasteiger partial charge on any atom is -0.508 e. The monoisotopic (exact) mass is 327 g/mol. The Morgan fingerprint density at radius 1 is 1.22 bits per heavy atom. The third kappa shape index (κ3) is 4.30. The molecule has 0 spiro atoms. The van der Waals surface area contributed by atoms with E-state index in [1.165, 1.54) is 30.6 Å². The number of aromatic hydroxyl groups is 1. The predicted molar refractivity (Wildman–Crippen MR) is 94.9 cm³/mol. The quantitative estimate of drug-likeness (QED) is 0.656. The van der Waals surface area contributed by atoms with Gasteiger partial charge in [-0.05, 0) is 55.1 Å². The van der Waals surface area contributed by atoms with Gasteiger partial charge in [-0.15, -0.1) is 11.3 Å². The van der Waals surface area contributed by atoms with E-state index in [2.05, 4.69) is 4.90 Å². The van der Waals surface area contributed by atoms with E-state index >= 15 is 0 Å². The van der Waals surface area contributed by atoms with Crippen molar-refractivity contribution >= 4 is 23.2 Å². The molecule has 0 unspecified atom stereocenters. The number of carbonyl (C=O) groups excluding carboxylic acids is 1. The molecular weight excluding hydrogens is 306 g/mol. The summed E-state index contributed by atoms with van der Waals surface area (Å²) in [6.07, 6.45) is 7.11. The second kappa shape index (κ2) is 7.57. The van der Waals surface area contributed by atoms with Gasteiger partial charge in [0.2, 0.25) is 0 Å². The molecule has 120 valence electrons. The number of phenolic OH excluding ortho intramolecular Hbond substituents is 1. The third-order valence-corrected chi connectivity index (χ3v) is 5.03. The van der Waals surface area contributed by atoms with Crippen LogP contribution in [-0.4, -0.2) is 28.9 Å². The van der Waals surface area contributed by atoms with E-state index < -0.39 is 0 Å². The van der Waals surface area contributed by atoms with E-state index in [1.807, 2.05) is 29.6 Å². The molecule has 0 radical (unpaired) electrons. The molecule has 1 aliphatic heterocycles. The predicted octanol–water partition coefficient (Wildman–Crippen LogP) is 4.34. The second-order valence-corrected chi connectivity index (χ2v) is 6.85. The van der Waals surface area contributed by atoms with Crippen molar-refractivity contribution < 1.29 is 9.90 Å². The Balaban J connectivity index is 1.65. The number of benzene rings is 1. The van der Waals surface area contributed by atoms with E-state index in [0.29, 0.717) is 5.75 Å². The van der Waals surface area contributed by atoms with Crippen LogP contribution in [-0.2, 0) is 6.54 Å². The smallest absolute Gasteiger partial charge is 0.195 e. The van der Waals surface area contributed by atoms with Gasteiger partial charge < -0.3 is 5.11 Å². The molecule has 0 aliphatic carbocycles. The van der Waals surface area contributed by atoms with Crippen molar-refractivity contribution in [1.29, 1.82) is 0 Å². The normalized spacial score (nSPS) is 16.0.